The van der Waals surface area contributed by atoms with Crippen molar-refractivity contribution in [3.63, 3.8) is 0 Å². The molecular formula is C17H18O2S. The van der Waals surface area contributed by atoms with Crippen molar-refractivity contribution in [2.75, 3.05) is 20.5 Å². The maximum Gasteiger partial charge on any atom is 0.120 e. The quantitative estimate of drug-likeness (QED) is 0.591. The first-order valence-electron chi connectivity index (χ1n) is 6.31. The minimum atomic E-state index is 0.872. The number of methoxy groups -OCH3 is 2. The molecule has 0 spiro atoms. The summed E-state index contributed by atoms with van der Waals surface area (Å²) in [5, 5.41) is 0. The van der Waals surface area contributed by atoms with E-state index in [0.29, 0.717) is 0 Å². The number of rotatable bonds is 5. The topological polar surface area (TPSA) is 18.5 Å². The Morgan fingerprint density at radius 1 is 0.850 bits per heavy atom. The largest absolute Gasteiger partial charge is 0.497 e. The summed E-state index contributed by atoms with van der Waals surface area (Å²) in [6.45, 7) is 0. The van der Waals surface area contributed by atoms with Gasteiger partial charge in [-0.3, -0.25) is 0 Å². The van der Waals surface area contributed by atoms with Crippen molar-refractivity contribution in [1.82, 2.24) is 0 Å². The number of hydrogen-bond acceptors (Lipinski definition) is 3. The van der Waals surface area contributed by atoms with E-state index >= 15 is 0 Å². The van der Waals surface area contributed by atoms with E-state index in [1.165, 1.54) is 10.5 Å². The standard InChI is InChI=1S/C17H18O2S/c1-18-15-9-5-13(6-10-15)4-7-14-8-11-16(19-2)12-17(14)20-3/h4-12H,1-3H3/b7-4+. The van der Waals surface area contributed by atoms with E-state index in [0.717, 1.165) is 17.1 Å². The Morgan fingerprint density at radius 2 is 1.50 bits per heavy atom. The van der Waals surface area contributed by atoms with Crippen LogP contribution in [0.15, 0.2) is 47.4 Å². The van der Waals surface area contributed by atoms with Crippen LogP contribution in [0.25, 0.3) is 12.2 Å². The van der Waals surface area contributed by atoms with E-state index in [2.05, 4.69) is 30.5 Å². The lowest BCUT2D eigenvalue weighted by Gasteiger charge is -2.06. The van der Waals surface area contributed by atoms with Gasteiger partial charge in [0.1, 0.15) is 11.5 Å². The molecule has 0 heterocycles. The molecule has 0 saturated carbocycles. The Morgan fingerprint density at radius 3 is 2.10 bits per heavy atom. The highest BCUT2D eigenvalue weighted by Gasteiger charge is 2.00. The average Bonchev–Trinajstić information content (AvgIpc) is 2.53. The van der Waals surface area contributed by atoms with Crippen LogP contribution >= 0.6 is 11.8 Å². The van der Waals surface area contributed by atoms with Gasteiger partial charge in [-0.1, -0.05) is 30.4 Å². The van der Waals surface area contributed by atoms with Crippen molar-refractivity contribution >= 4 is 23.9 Å². The Labute approximate surface area is 124 Å². The lowest BCUT2D eigenvalue weighted by Crippen LogP contribution is -1.85. The van der Waals surface area contributed by atoms with Gasteiger partial charge in [-0.25, -0.2) is 0 Å². The van der Waals surface area contributed by atoms with Gasteiger partial charge in [-0.15, -0.1) is 11.8 Å². The van der Waals surface area contributed by atoms with Gasteiger partial charge < -0.3 is 9.47 Å². The highest BCUT2D eigenvalue weighted by molar-refractivity contribution is 7.98. The molecule has 0 unspecified atom stereocenters. The van der Waals surface area contributed by atoms with Crippen LogP contribution in [-0.2, 0) is 0 Å². The van der Waals surface area contributed by atoms with Crippen molar-refractivity contribution in [2.24, 2.45) is 0 Å². The molecule has 2 aromatic rings. The van der Waals surface area contributed by atoms with E-state index in [1.54, 1.807) is 26.0 Å². The Bertz CT molecular complexity index is 588. The molecule has 0 N–H and O–H groups in total. The second-order valence-corrected chi connectivity index (χ2v) is 5.06. The first-order chi connectivity index (χ1) is 9.76. The first-order valence-corrected chi connectivity index (χ1v) is 7.53. The summed E-state index contributed by atoms with van der Waals surface area (Å²) in [6, 6.07) is 14.1. The Balaban J connectivity index is 2.21. The van der Waals surface area contributed by atoms with Gasteiger partial charge >= 0.3 is 0 Å². The molecule has 2 nitrogen and oxygen atoms in total. The molecule has 2 rings (SSSR count). The monoisotopic (exact) mass is 286 g/mol. The lowest BCUT2D eigenvalue weighted by molar-refractivity contribution is 0.413. The van der Waals surface area contributed by atoms with Gasteiger partial charge in [0.25, 0.3) is 0 Å². The van der Waals surface area contributed by atoms with Crippen molar-refractivity contribution in [2.45, 2.75) is 4.90 Å². The summed E-state index contributed by atoms with van der Waals surface area (Å²) in [5.41, 5.74) is 2.34. The molecule has 104 valence electrons. The highest BCUT2D eigenvalue weighted by Crippen LogP contribution is 2.27. The van der Waals surface area contributed by atoms with E-state index in [9.17, 15) is 0 Å². The maximum absolute atomic E-state index is 5.25. The fraction of sp³-hybridized carbons (Fsp3) is 0.176. The molecule has 20 heavy (non-hydrogen) atoms. The molecule has 0 amide bonds. The molecule has 3 heteroatoms. The lowest BCUT2D eigenvalue weighted by atomic mass is 10.1. The molecule has 0 radical (unpaired) electrons. The zero-order chi connectivity index (χ0) is 14.4. The van der Waals surface area contributed by atoms with E-state index in [-0.39, 0.29) is 0 Å². The van der Waals surface area contributed by atoms with Crippen LogP contribution in [0, 0.1) is 0 Å². The highest BCUT2D eigenvalue weighted by atomic mass is 32.2. The van der Waals surface area contributed by atoms with Crippen LogP contribution in [0.1, 0.15) is 11.1 Å². The first kappa shape index (κ1) is 14.5. The Hall–Kier alpha value is -1.87. The molecule has 0 bridgehead atoms. The molecule has 0 aromatic heterocycles. The molecule has 0 aliphatic carbocycles. The minimum absolute atomic E-state index is 0.872. The molecule has 0 fully saturated rings. The fourth-order valence-electron chi connectivity index (χ4n) is 1.86. The summed E-state index contributed by atoms with van der Waals surface area (Å²) in [6.07, 6.45) is 6.29. The minimum Gasteiger partial charge on any atom is -0.497 e. The summed E-state index contributed by atoms with van der Waals surface area (Å²) < 4.78 is 10.4. The number of ether oxygens (including phenoxy) is 2. The van der Waals surface area contributed by atoms with Crippen molar-refractivity contribution < 1.29 is 9.47 Å². The van der Waals surface area contributed by atoms with Gasteiger partial charge in [-0.05, 0) is 41.6 Å². The summed E-state index contributed by atoms with van der Waals surface area (Å²) in [7, 11) is 3.36. The van der Waals surface area contributed by atoms with Crippen LogP contribution in [0.2, 0.25) is 0 Å². The number of hydrogen-bond donors (Lipinski definition) is 0. The molecular weight excluding hydrogens is 268 g/mol. The SMILES string of the molecule is COc1ccc(/C=C/c2ccc(OC)cc2SC)cc1. The van der Waals surface area contributed by atoms with Crippen molar-refractivity contribution in [3.8, 4) is 11.5 Å². The Kier molecular flexibility index (Phi) is 5.13. The van der Waals surface area contributed by atoms with Gasteiger partial charge in [0.05, 0.1) is 14.2 Å². The molecule has 0 aliphatic rings. The predicted octanol–water partition coefficient (Wildman–Crippen LogP) is 4.60. The summed E-state index contributed by atoms with van der Waals surface area (Å²) >= 11 is 1.71. The third kappa shape index (κ3) is 3.58. The third-order valence-electron chi connectivity index (χ3n) is 3.01. The normalized spacial score (nSPS) is 10.8. The zero-order valence-electron chi connectivity index (χ0n) is 11.9. The third-order valence-corrected chi connectivity index (χ3v) is 3.81. The predicted molar refractivity (Wildman–Crippen MR) is 86.7 cm³/mol. The van der Waals surface area contributed by atoms with Gasteiger partial charge in [0, 0.05) is 4.90 Å². The van der Waals surface area contributed by atoms with Crippen LogP contribution < -0.4 is 9.47 Å². The molecule has 0 aliphatic heterocycles. The smallest absolute Gasteiger partial charge is 0.120 e. The molecule has 0 saturated heterocycles. The summed E-state index contributed by atoms with van der Waals surface area (Å²) in [4.78, 5) is 1.20. The van der Waals surface area contributed by atoms with Crippen LogP contribution in [-0.4, -0.2) is 20.5 Å². The number of benzene rings is 2. The van der Waals surface area contributed by atoms with Crippen molar-refractivity contribution in [1.29, 1.82) is 0 Å². The zero-order valence-corrected chi connectivity index (χ0v) is 12.7. The van der Waals surface area contributed by atoms with E-state index < -0.39 is 0 Å². The van der Waals surface area contributed by atoms with Crippen LogP contribution in [0.3, 0.4) is 0 Å². The van der Waals surface area contributed by atoms with Crippen LogP contribution in [0.5, 0.6) is 11.5 Å². The fourth-order valence-corrected chi connectivity index (χ4v) is 2.46. The van der Waals surface area contributed by atoms with Gasteiger partial charge in [-0.2, -0.15) is 0 Å². The van der Waals surface area contributed by atoms with E-state index in [4.69, 9.17) is 9.47 Å². The molecule has 2 aromatic carbocycles. The average molecular weight is 286 g/mol. The second-order valence-electron chi connectivity index (χ2n) is 4.21. The second kappa shape index (κ2) is 7.06. The van der Waals surface area contributed by atoms with Gasteiger partial charge in [0.15, 0.2) is 0 Å². The molecule has 0 atom stereocenters. The summed E-state index contributed by atoms with van der Waals surface area (Å²) in [5.74, 6) is 1.76. The van der Waals surface area contributed by atoms with Crippen LogP contribution in [0.4, 0.5) is 0 Å². The number of thioether (sulfide) groups is 1. The van der Waals surface area contributed by atoms with E-state index in [1.807, 2.05) is 30.3 Å². The van der Waals surface area contributed by atoms with Gasteiger partial charge in [0.2, 0.25) is 0 Å². The van der Waals surface area contributed by atoms with Crippen molar-refractivity contribution in [3.05, 3.63) is 53.6 Å². The maximum atomic E-state index is 5.25.